The fourth-order valence-electron chi connectivity index (χ4n) is 6.83. The Labute approximate surface area is 262 Å². The van der Waals surface area contributed by atoms with E-state index in [1.807, 2.05) is 0 Å². The van der Waals surface area contributed by atoms with Gasteiger partial charge in [-0.15, -0.1) is 0 Å². The number of hydrogen-bond donors (Lipinski definition) is 2. The molecule has 0 spiro atoms. The molecule has 0 bridgehead atoms. The average Bonchev–Trinajstić information content (AvgIpc) is 3.84. The second-order valence-electron chi connectivity index (χ2n) is 12.5. The SMILES string of the molecule is C=Nc1cc([C@H]2CCCN2c2ccc(CCC3COCO3)cc2)ccc1NC[C@@H]1CCCN1C(=C)[C@@H](NC(=O)OC)C(C)C. The molecule has 44 heavy (non-hydrogen) atoms. The highest BCUT2D eigenvalue weighted by Crippen LogP contribution is 2.39. The Bertz CT molecular complexity index is 1280. The minimum absolute atomic E-state index is 0.181. The molecule has 3 saturated heterocycles. The van der Waals surface area contributed by atoms with Crippen molar-refractivity contribution < 1.29 is 19.0 Å². The molecule has 0 aromatic heterocycles. The number of anilines is 2. The van der Waals surface area contributed by atoms with Crippen molar-refractivity contribution in [1.29, 1.82) is 0 Å². The lowest BCUT2D eigenvalue weighted by atomic mass is 10.00. The van der Waals surface area contributed by atoms with Crippen LogP contribution in [0.1, 0.15) is 63.1 Å². The first kappa shape index (κ1) is 31.9. The van der Waals surface area contributed by atoms with Crippen LogP contribution in [0.15, 0.2) is 59.7 Å². The molecule has 9 nitrogen and oxygen atoms in total. The standard InChI is InChI=1S/C35H49N5O4/c1-24(2)34(38-35(41)42-5)25(3)39-18-6-8-29(39)21-37-31-17-13-27(20-32(31)36-4)33-9-7-19-40(33)28-14-10-26(11-15-28)12-16-30-22-43-23-44-30/h10-11,13-15,17,20,24,29-30,33-34,37H,3-4,6-9,12,16,18-19,21-23H2,1-2,5H3,(H,38,41)/t29-,30?,33+,34-/m0/s1. The summed E-state index contributed by atoms with van der Waals surface area (Å²) in [5, 5.41) is 6.61. The smallest absolute Gasteiger partial charge is 0.407 e. The maximum atomic E-state index is 12.0. The summed E-state index contributed by atoms with van der Waals surface area (Å²) in [4.78, 5) is 21.2. The summed E-state index contributed by atoms with van der Waals surface area (Å²) in [5.41, 5.74) is 6.65. The van der Waals surface area contributed by atoms with Crippen molar-refractivity contribution >= 4 is 29.9 Å². The van der Waals surface area contributed by atoms with Crippen molar-refractivity contribution in [1.82, 2.24) is 10.2 Å². The predicted molar refractivity (Wildman–Crippen MR) is 177 cm³/mol. The Balaban J connectivity index is 1.21. The summed E-state index contributed by atoms with van der Waals surface area (Å²) in [7, 11) is 1.39. The van der Waals surface area contributed by atoms with E-state index in [1.165, 1.54) is 23.9 Å². The van der Waals surface area contributed by atoms with Crippen molar-refractivity contribution in [3.63, 3.8) is 0 Å². The number of alkyl carbamates (subject to hydrolysis) is 1. The van der Waals surface area contributed by atoms with E-state index in [1.54, 1.807) is 0 Å². The van der Waals surface area contributed by atoms with Crippen molar-refractivity contribution in [2.45, 2.75) is 76.6 Å². The molecule has 238 valence electrons. The first-order chi connectivity index (χ1) is 21.4. The topological polar surface area (TPSA) is 87.7 Å². The Hall–Kier alpha value is -3.56. The van der Waals surface area contributed by atoms with Crippen LogP contribution >= 0.6 is 0 Å². The zero-order valence-electron chi connectivity index (χ0n) is 26.6. The van der Waals surface area contributed by atoms with Crippen LogP contribution in [0.5, 0.6) is 0 Å². The highest BCUT2D eigenvalue weighted by molar-refractivity contribution is 5.70. The van der Waals surface area contributed by atoms with Crippen molar-refractivity contribution in [3.8, 4) is 0 Å². The van der Waals surface area contributed by atoms with E-state index in [2.05, 4.69) is 95.0 Å². The normalized spacial score (nSPS) is 22.3. The van der Waals surface area contributed by atoms with E-state index in [9.17, 15) is 4.79 Å². The van der Waals surface area contributed by atoms with Gasteiger partial charge < -0.3 is 34.6 Å². The number of hydrogen-bond acceptors (Lipinski definition) is 8. The second-order valence-corrected chi connectivity index (χ2v) is 12.5. The van der Waals surface area contributed by atoms with Crippen LogP contribution < -0.4 is 15.5 Å². The summed E-state index contributed by atoms with van der Waals surface area (Å²) in [6, 6.07) is 16.0. The average molecular weight is 604 g/mol. The van der Waals surface area contributed by atoms with Gasteiger partial charge in [0, 0.05) is 37.1 Å². The molecule has 3 fully saturated rings. The zero-order valence-corrected chi connectivity index (χ0v) is 26.6. The molecule has 0 radical (unpaired) electrons. The molecule has 2 aromatic carbocycles. The predicted octanol–water partition coefficient (Wildman–Crippen LogP) is 6.44. The maximum absolute atomic E-state index is 12.0. The molecule has 1 amide bonds. The van der Waals surface area contributed by atoms with E-state index in [4.69, 9.17) is 14.2 Å². The van der Waals surface area contributed by atoms with E-state index in [0.29, 0.717) is 19.4 Å². The number of carbonyl (C=O) groups is 1. The number of nitrogens with zero attached hydrogens (tertiary/aromatic N) is 3. The Morgan fingerprint density at radius 1 is 1.14 bits per heavy atom. The van der Waals surface area contributed by atoms with Gasteiger partial charge in [0.15, 0.2) is 0 Å². The zero-order chi connectivity index (χ0) is 31.1. The van der Waals surface area contributed by atoms with Crippen molar-refractivity contribution in [3.05, 3.63) is 65.9 Å². The van der Waals surface area contributed by atoms with Gasteiger partial charge in [-0.1, -0.05) is 38.6 Å². The molecule has 4 atom stereocenters. The minimum Gasteiger partial charge on any atom is -0.453 e. The van der Waals surface area contributed by atoms with Crippen LogP contribution in [0, 0.1) is 5.92 Å². The fourth-order valence-corrected chi connectivity index (χ4v) is 6.83. The molecule has 0 saturated carbocycles. The van der Waals surface area contributed by atoms with Crippen molar-refractivity contribution in [2.24, 2.45) is 10.9 Å². The van der Waals surface area contributed by atoms with Gasteiger partial charge in [-0.05, 0) is 86.6 Å². The lowest BCUT2D eigenvalue weighted by Gasteiger charge is -2.35. The molecule has 9 heteroatoms. The number of aliphatic imine (C=N–C) groups is 1. The minimum atomic E-state index is -0.431. The molecule has 0 aliphatic carbocycles. The summed E-state index contributed by atoms with van der Waals surface area (Å²) in [5.74, 6) is 0.195. The van der Waals surface area contributed by atoms with Crippen LogP contribution in [0.4, 0.5) is 21.9 Å². The number of aryl methyl sites for hydroxylation is 1. The monoisotopic (exact) mass is 603 g/mol. The number of methoxy groups -OCH3 is 1. The molecular formula is C35H49N5O4. The summed E-state index contributed by atoms with van der Waals surface area (Å²) in [6.07, 6.45) is 6.18. The highest BCUT2D eigenvalue weighted by Gasteiger charge is 2.32. The number of benzene rings is 2. The maximum Gasteiger partial charge on any atom is 0.407 e. The summed E-state index contributed by atoms with van der Waals surface area (Å²) >= 11 is 0. The van der Waals surface area contributed by atoms with Gasteiger partial charge in [-0.25, -0.2) is 4.79 Å². The quantitative estimate of drug-likeness (QED) is 0.255. The Kier molecular flexibility index (Phi) is 10.8. The van der Waals surface area contributed by atoms with Crippen molar-refractivity contribution in [2.75, 3.05) is 50.4 Å². The van der Waals surface area contributed by atoms with E-state index in [0.717, 1.165) is 75.2 Å². The number of ether oxygens (including phenoxy) is 3. The molecule has 2 N–H and O–H groups in total. The lowest BCUT2D eigenvalue weighted by Crippen LogP contribution is -2.47. The van der Waals surface area contributed by atoms with Gasteiger partial charge in [0.25, 0.3) is 0 Å². The molecule has 3 heterocycles. The molecule has 3 aliphatic heterocycles. The van der Waals surface area contributed by atoms with E-state index in [-0.39, 0.29) is 24.1 Å². The van der Waals surface area contributed by atoms with Gasteiger partial charge in [-0.3, -0.25) is 4.99 Å². The van der Waals surface area contributed by atoms with Crippen LogP contribution in [0.25, 0.3) is 0 Å². The third-order valence-electron chi connectivity index (χ3n) is 9.30. The van der Waals surface area contributed by atoms with Crippen LogP contribution in [0.2, 0.25) is 0 Å². The molecular weight excluding hydrogens is 554 g/mol. The largest absolute Gasteiger partial charge is 0.453 e. The Morgan fingerprint density at radius 3 is 2.64 bits per heavy atom. The number of amides is 1. The fraction of sp³-hybridized carbons (Fsp3) is 0.543. The third kappa shape index (κ3) is 7.56. The molecule has 5 rings (SSSR count). The number of carbonyl (C=O) groups excluding carboxylic acids is 1. The third-order valence-corrected chi connectivity index (χ3v) is 9.30. The van der Waals surface area contributed by atoms with Crippen LogP contribution in [0.3, 0.4) is 0 Å². The molecule has 1 unspecified atom stereocenters. The molecule has 2 aromatic rings. The lowest BCUT2D eigenvalue weighted by molar-refractivity contribution is 0.0448. The first-order valence-electron chi connectivity index (χ1n) is 16.1. The summed E-state index contributed by atoms with van der Waals surface area (Å²) in [6.45, 7) is 16.3. The van der Waals surface area contributed by atoms with E-state index < -0.39 is 6.09 Å². The van der Waals surface area contributed by atoms with Crippen LogP contribution in [-0.2, 0) is 20.6 Å². The van der Waals surface area contributed by atoms with Crippen LogP contribution in [-0.4, -0.2) is 76.0 Å². The van der Waals surface area contributed by atoms with E-state index >= 15 is 0 Å². The van der Waals surface area contributed by atoms with Gasteiger partial charge in [-0.2, -0.15) is 0 Å². The second kappa shape index (κ2) is 14.9. The van der Waals surface area contributed by atoms with Gasteiger partial charge >= 0.3 is 6.09 Å². The highest BCUT2D eigenvalue weighted by atomic mass is 16.7. The number of likely N-dealkylation sites (tertiary alicyclic amines) is 1. The number of rotatable bonds is 13. The number of nitrogens with one attached hydrogen (secondary N) is 2. The first-order valence-corrected chi connectivity index (χ1v) is 16.1. The molecule has 3 aliphatic rings. The van der Waals surface area contributed by atoms with Gasteiger partial charge in [0.05, 0.1) is 43.3 Å². The Morgan fingerprint density at radius 2 is 1.93 bits per heavy atom. The summed E-state index contributed by atoms with van der Waals surface area (Å²) < 4.78 is 15.8. The van der Waals surface area contributed by atoms with Gasteiger partial charge in [0.2, 0.25) is 0 Å². The van der Waals surface area contributed by atoms with Gasteiger partial charge in [0.1, 0.15) is 6.79 Å².